The zero-order valence-corrected chi connectivity index (χ0v) is 12.2. The van der Waals surface area contributed by atoms with Crippen molar-refractivity contribution in [2.75, 3.05) is 0 Å². The number of nitrogens with zero attached hydrogens (tertiary/aromatic N) is 1. The molecule has 1 heterocycles. The van der Waals surface area contributed by atoms with Gasteiger partial charge in [-0.05, 0) is 31.1 Å². The summed E-state index contributed by atoms with van der Waals surface area (Å²) in [6.45, 7) is 0.415. The molecule has 0 saturated heterocycles. The molecule has 7 heteroatoms. The van der Waals surface area contributed by atoms with Gasteiger partial charge < -0.3 is 14.9 Å². The number of aromatic nitrogens is 2. The molecule has 2 N–H and O–H groups in total. The number of amides is 1. The third-order valence-corrected chi connectivity index (χ3v) is 3.93. The average molecular weight is 314 g/mol. The van der Waals surface area contributed by atoms with Crippen molar-refractivity contribution in [3.05, 3.63) is 27.7 Å². The molecule has 106 valence electrons. The summed E-state index contributed by atoms with van der Waals surface area (Å²) in [5.74, 6) is -0.498. The molecular formula is C13H13ClFN3OS. The number of aryl methyl sites for hydroxylation is 1. The van der Waals surface area contributed by atoms with Crippen LogP contribution in [0.25, 0.3) is 11.0 Å². The van der Waals surface area contributed by atoms with E-state index in [-0.39, 0.29) is 10.9 Å². The maximum Gasteiger partial charge on any atom is 0.222 e. The van der Waals surface area contributed by atoms with Gasteiger partial charge in [0, 0.05) is 25.1 Å². The van der Waals surface area contributed by atoms with Crippen LogP contribution in [0.2, 0.25) is 5.02 Å². The highest BCUT2D eigenvalue weighted by molar-refractivity contribution is 7.71. The number of benzene rings is 1. The van der Waals surface area contributed by atoms with Crippen LogP contribution in [0.15, 0.2) is 12.1 Å². The number of carbonyl (C=O) groups is 1. The summed E-state index contributed by atoms with van der Waals surface area (Å²) < 4.78 is 15.7. The molecule has 0 atom stereocenters. The Hall–Kier alpha value is -1.40. The van der Waals surface area contributed by atoms with Crippen molar-refractivity contribution in [2.45, 2.75) is 31.8 Å². The molecule has 20 heavy (non-hydrogen) atoms. The quantitative estimate of drug-likeness (QED) is 0.852. The summed E-state index contributed by atoms with van der Waals surface area (Å²) in [5, 5.41) is 2.96. The molecule has 0 bridgehead atoms. The summed E-state index contributed by atoms with van der Waals surface area (Å²) in [5.41, 5.74) is 1.29. The fourth-order valence-electron chi connectivity index (χ4n) is 2.11. The van der Waals surface area contributed by atoms with Crippen LogP contribution in [0.5, 0.6) is 0 Å². The zero-order valence-electron chi connectivity index (χ0n) is 10.6. The van der Waals surface area contributed by atoms with Gasteiger partial charge in [0.05, 0.1) is 16.1 Å². The van der Waals surface area contributed by atoms with E-state index in [4.69, 9.17) is 23.8 Å². The highest BCUT2D eigenvalue weighted by Gasteiger charge is 2.23. The van der Waals surface area contributed by atoms with Gasteiger partial charge in [-0.1, -0.05) is 11.6 Å². The van der Waals surface area contributed by atoms with Gasteiger partial charge in [0.25, 0.3) is 0 Å². The Kier molecular flexibility index (Phi) is 3.52. The maximum atomic E-state index is 13.5. The largest absolute Gasteiger partial charge is 0.353 e. The van der Waals surface area contributed by atoms with Gasteiger partial charge in [-0.25, -0.2) is 4.39 Å². The first-order valence-electron chi connectivity index (χ1n) is 6.41. The number of aromatic amines is 1. The highest BCUT2D eigenvalue weighted by atomic mass is 35.5. The average Bonchev–Trinajstić information content (AvgIpc) is 3.13. The maximum absolute atomic E-state index is 13.5. The lowest BCUT2D eigenvalue weighted by Crippen LogP contribution is -2.26. The lowest BCUT2D eigenvalue weighted by molar-refractivity contribution is -0.121. The van der Waals surface area contributed by atoms with Crippen molar-refractivity contribution in [2.24, 2.45) is 0 Å². The van der Waals surface area contributed by atoms with Gasteiger partial charge in [0.15, 0.2) is 4.77 Å². The molecule has 1 aromatic carbocycles. The minimum atomic E-state index is -0.496. The summed E-state index contributed by atoms with van der Waals surface area (Å²) in [6, 6.07) is 3.18. The number of hydrogen-bond acceptors (Lipinski definition) is 2. The first kappa shape index (κ1) is 13.6. The van der Waals surface area contributed by atoms with Crippen molar-refractivity contribution in [1.82, 2.24) is 14.9 Å². The van der Waals surface area contributed by atoms with Gasteiger partial charge in [-0.2, -0.15) is 0 Å². The number of halogens is 2. The molecule has 1 amide bonds. The standard InChI is InChI=1S/C13H13ClFN3OS/c14-8-5-10-11(6-9(8)15)18(13(20)17-10)4-3-12(19)16-7-1-2-7/h5-7H,1-4H2,(H,16,19)(H,17,20). The Bertz CT molecular complexity index is 735. The van der Waals surface area contributed by atoms with E-state index in [0.29, 0.717) is 34.8 Å². The van der Waals surface area contributed by atoms with Crippen LogP contribution in [0.4, 0.5) is 4.39 Å². The zero-order chi connectivity index (χ0) is 14.3. The normalized spacial score (nSPS) is 14.7. The molecule has 0 radical (unpaired) electrons. The van der Waals surface area contributed by atoms with Crippen LogP contribution in [0, 0.1) is 10.6 Å². The van der Waals surface area contributed by atoms with Crippen LogP contribution in [-0.2, 0) is 11.3 Å². The Morgan fingerprint density at radius 2 is 2.30 bits per heavy atom. The predicted molar refractivity (Wildman–Crippen MR) is 77.9 cm³/mol. The van der Waals surface area contributed by atoms with Crippen molar-refractivity contribution in [3.8, 4) is 0 Å². The number of imidazole rings is 1. The van der Waals surface area contributed by atoms with Crippen molar-refractivity contribution < 1.29 is 9.18 Å². The second-order valence-electron chi connectivity index (χ2n) is 4.96. The number of fused-ring (bicyclic) bond motifs is 1. The molecule has 2 aromatic rings. The van der Waals surface area contributed by atoms with Crippen LogP contribution >= 0.6 is 23.8 Å². The molecule has 0 spiro atoms. The Morgan fingerprint density at radius 3 is 3.00 bits per heavy atom. The summed E-state index contributed by atoms with van der Waals surface area (Å²) >= 11 is 10.9. The summed E-state index contributed by atoms with van der Waals surface area (Å²) in [6.07, 6.45) is 2.44. The molecule has 1 aromatic heterocycles. The predicted octanol–water partition coefficient (Wildman–Crippen LogP) is 3.16. The van der Waals surface area contributed by atoms with E-state index in [1.807, 2.05) is 0 Å². The molecule has 0 unspecified atom stereocenters. The lowest BCUT2D eigenvalue weighted by atomic mass is 10.3. The van der Waals surface area contributed by atoms with E-state index in [1.54, 1.807) is 4.57 Å². The monoisotopic (exact) mass is 313 g/mol. The van der Waals surface area contributed by atoms with E-state index in [9.17, 15) is 9.18 Å². The number of hydrogen-bond donors (Lipinski definition) is 2. The van der Waals surface area contributed by atoms with Crippen molar-refractivity contribution in [1.29, 1.82) is 0 Å². The van der Waals surface area contributed by atoms with Gasteiger partial charge in [-0.15, -0.1) is 0 Å². The van der Waals surface area contributed by atoms with Gasteiger partial charge in [-0.3, -0.25) is 4.79 Å². The van der Waals surface area contributed by atoms with Crippen LogP contribution in [0.3, 0.4) is 0 Å². The van der Waals surface area contributed by atoms with E-state index in [2.05, 4.69) is 10.3 Å². The molecule has 1 saturated carbocycles. The second kappa shape index (κ2) is 5.18. The summed E-state index contributed by atoms with van der Waals surface area (Å²) in [7, 11) is 0. The second-order valence-corrected chi connectivity index (χ2v) is 5.75. The minimum Gasteiger partial charge on any atom is -0.353 e. The molecule has 0 aliphatic heterocycles. The number of nitrogens with one attached hydrogen (secondary N) is 2. The minimum absolute atomic E-state index is 0.00168. The highest BCUT2D eigenvalue weighted by Crippen LogP contribution is 2.23. The first-order chi connectivity index (χ1) is 9.54. The number of carbonyl (C=O) groups excluding carboxylic acids is 1. The number of rotatable bonds is 4. The molecule has 1 fully saturated rings. The first-order valence-corrected chi connectivity index (χ1v) is 7.20. The summed E-state index contributed by atoms with van der Waals surface area (Å²) in [4.78, 5) is 14.7. The SMILES string of the molecule is O=C(CCn1c(=S)[nH]c2cc(Cl)c(F)cc21)NC1CC1. The molecule has 1 aliphatic rings. The Morgan fingerprint density at radius 1 is 1.55 bits per heavy atom. The van der Waals surface area contributed by atoms with Gasteiger partial charge in [0.2, 0.25) is 5.91 Å². The Balaban J connectivity index is 1.83. The van der Waals surface area contributed by atoms with Crippen molar-refractivity contribution in [3.63, 3.8) is 0 Å². The smallest absolute Gasteiger partial charge is 0.222 e. The van der Waals surface area contributed by atoms with E-state index < -0.39 is 5.82 Å². The van der Waals surface area contributed by atoms with E-state index in [0.717, 1.165) is 12.8 Å². The lowest BCUT2D eigenvalue weighted by Gasteiger charge is -2.06. The van der Waals surface area contributed by atoms with Gasteiger partial charge in [0.1, 0.15) is 5.82 Å². The molecule has 1 aliphatic carbocycles. The molecule has 4 nitrogen and oxygen atoms in total. The third kappa shape index (κ3) is 2.71. The topological polar surface area (TPSA) is 49.8 Å². The fraction of sp³-hybridized carbons (Fsp3) is 0.385. The van der Waals surface area contributed by atoms with Crippen LogP contribution in [0.1, 0.15) is 19.3 Å². The third-order valence-electron chi connectivity index (χ3n) is 3.32. The number of H-pyrrole nitrogens is 1. The van der Waals surface area contributed by atoms with E-state index >= 15 is 0 Å². The van der Waals surface area contributed by atoms with E-state index in [1.165, 1.54) is 12.1 Å². The van der Waals surface area contributed by atoms with Crippen LogP contribution < -0.4 is 5.32 Å². The van der Waals surface area contributed by atoms with Crippen LogP contribution in [-0.4, -0.2) is 21.5 Å². The fourth-order valence-corrected chi connectivity index (χ4v) is 2.58. The van der Waals surface area contributed by atoms with Crippen molar-refractivity contribution >= 4 is 40.8 Å². The Labute approximate surface area is 124 Å². The molecule has 3 rings (SSSR count). The molecular weight excluding hydrogens is 301 g/mol. The van der Waals surface area contributed by atoms with Gasteiger partial charge >= 0.3 is 0 Å².